The van der Waals surface area contributed by atoms with Crippen LogP contribution in [0.15, 0.2) is 54.6 Å². The number of methoxy groups -OCH3 is 1. The third-order valence-electron chi connectivity index (χ3n) is 6.84. The van der Waals surface area contributed by atoms with E-state index in [1.807, 2.05) is 42.5 Å². The van der Waals surface area contributed by atoms with Crippen molar-refractivity contribution in [2.24, 2.45) is 11.8 Å². The van der Waals surface area contributed by atoms with Crippen molar-refractivity contribution in [3.05, 3.63) is 65.7 Å². The van der Waals surface area contributed by atoms with E-state index in [9.17, 15) is 14.8 Å². The molecule has 2 aromatic rings. The van der Waals surface area contributed by atoms with Gasteiger partial charge < -0.3 is 9.47 Å². The van der Waals surface area contributed by atoms with Gasteiger partial charge in [0.2, 0.25) is 0 Å². The van der Waals surface area contributed by atoms with Gasteiger partial charge in [-0.3, -0.25) is 4.79 Å². The Morgan fingerprint density at radius 3 is 2.52 bits per heavy atom. The van der Waals surface area contributed by atoms with Crippen LogP contribution in [-0.4, -0.2) is 41.5 Å². The van der Waals surface area contributed by atoms with E-state index in [-0.39, 0.29) is 29.8 Å². The lowest BCUT2D eigenvalue weighted by atomic mass is 9.68. The molecule has 5 unspecified atom stereocenters. The Morgan fingerprint density at radius 2 is 1.81 bits per heavy atom. The van der Waals surface area contributed by atoms with Crippen LogP contribution in [0.3, 0.4) is 0 Å². The van der Waals surface area contributed by atoms with Crippen molar-refractivity contribution in [3.8, 4) is 5.75 Å². The zero-order valence-electron chi connectivity index (χ0n) is 18.1. The predicted octanol–water partition coefficient (Wildman–Crippen LogP) is 4.53. The summed E-state index contributed by atoms with van der Waals surface area (Å²) < 4.78 is 10.3. The number of piperidine rings is 1. The molecule has 2 aliphatic rings. The Balaban J connectivity index is 1.72. The minimum absolute atomic E-state index is 0.0896. The number of hydrogen-bond acceptors (Lipinski definition) is 5. The van der Waals surface area contributed by atoms with Crippen LogP contribution < -0.4 is 4.74 Å². The number of carbonyl (C=O) groups excluding carboxylic acids is 2. The van der Waals surface area contributed by atoms with Crippen LogP contribution >= 0.6 is 0 Å². The average Bonchev–Trinajstić information content (AvgIpc) is 2.79. The minimum atomic E-state index is -0.642. The Bertz CT molecular complexity index is 946. The number of amides is 1. The fourth-order valence-electron chi connectivity index (χ4n) is 5.50. The number of likely N-dealkylation sites (tertiary alicyclic amines) is 1. The quantitative estimate of drug-likeness (QED) is 0.443. The molecule has 4 rings (SSSR count). The SMILES string of the molecule is COc1cccc(C2C3CCC(OC(C)=O)CC3CC[N+]2(O)C(=O)c2ccccc2)c1. The van der Waals surface area contributed by atoms with Gasteiger partial charge in [0, 0.05) is 24.8 Å². The first-order valence-corrected chi connectivity index (χ1v) is 10.9. The molecule has 1 heterocycles. The number of benzene rings is 2. The van der Waals surface area contributed by atoms with E-state index in [1.54, 1.807) is 19.2 Å². The molecule has 1 amide bonds. The maximum Gasteiger partial charge on any atom is 0.378 e. The fraction of sp³-hybridized carbons (Fsp3) is 0.440. The Hall–Kier alpha value is -2.70. The smallest absolute Gasteiger partial charge is 0.378 e. The highest BCUT2D eigenvalue weighted by Gasteiger charge is 2.56. The molecular weight excluding hydrogens is 394 g/mol. The molecule has 0 bridgehead atoms. The van der Waals surface area contributed by atoms with Gasteiger partial charge >= 0.3 is 11.9 Å². The molecule has 6 nitrogen and oxygen atoms in total. The molecule has 0 aromatic heterocycles. The number of carbonyl (C=O) groups is 2. The summed E-state index contributed by atoms with van der Waals surface area (Å²) in [6, 6.07) is 16.3. The first-order valence-electron chi connectivity index (χ1n) is 10.9. The predicted molar refractivity (Wildman–Crippen MR) is 114 cm³/mol. The van der Waals surface area contributed by atoms with E-state index in [1.165, 1.54) is 6.92 Å². The zero-order valence-corrected chi connectivity index (χ0v) is 18.1. The van der Waals surface area contributed by atoms with Gasteiger partial charge in [0.25, 0.3) is 0 Å². The lowest BCUT2D eigenvalue weighted by Crippen LogP contribution is -2.60. The van der Waals surface area contributed by atoms with Crippen molar-refractivity contribution >= 4 is 11.9 Å². The van der Waals surface area contributed by atoms with Gasteiger partial charge in [-0.1, -0.05) is 30.3 Å². The second kappa shape index (κ2) is 8.81. The van der Waals surface area contributed by atoms with Crippen LogP contribution in [-0.2, 0) is 9.53 Å². The molecule has 1 aliphatic carbocycles. The summed E-state index contributed by atoms with van der Waals surface area (Å²) in [5, 5.41) is 11.9. The molecule has 1 N–H and O–H groups in total. The van der Waals surface area contributed by atoms with Gasteiger partial charge in [-0.05, 0) is 49.4 Å². The van der Waals surface area contributed by atoms with E-state index < -0.39 is 10.7 Å². The molecular formula is C25H30NO5+. The van der Waals surface area contributed by atoms with Gasteiger partial charge in [-0.25, -0.2) is 10.0 Å². The third-order valence-corrected chi connectivity index (χ3v) is 6.84. The van der Waals surface area contributed by atoms with E-state index >= 15 is 0 Å². The summed E-state index contributed by atoms with van der Waals surface area (Å²) in [5.74, 6) is 0.539. The normalized spacial score (nSPS) is 30.2. The highest BCUT2D eigenvalue weighted by atomic mass is 16.6. The molecule has 164 valence electrons. The van der Waals surface area contributed by atoms with E-state index in [2.05, 4.69) is 0 Å². The Morgan fingerprint density at radius 1 is 1.03 bits per heavy atom. The molecule has 2 aromatic carbocycles. The second-order valence-corrected chi connectivity index (χ2v) is 8.70. The first kappa shape index (κ1) is 21.5. The van der Waals surface area contributed by atoms with Crippen LogP contribution in [0.5, 0.6) is 5.75 Å². The number of hydroxylamine groups is 3. The lowest BCUT2D eigenvalue weighted by Gasteiger charge is -2.49. The van der Waals surface area contributed by atoms with Gasteiger partial charge in [0.1, 0.15) is 18.4 Å². The summed E-state index contributed by atoms with van der Waals surface area (Å²) in [6.07, 6.45) is 2.91. The number of fused-ring (bicyclic) bond motifs is 1. The highest BCUT2D eigenvalue weighted by Crippen LogP contribution is 2.51. The number of nitrogens with zero attached hydrogens (tertiary/aromatic N) is 1. The first-order chi connectivity index (χ1) is 14.9. The van der Waals surface area contributed by atoms with Crippen LogP contribution in [0.1, 0.15) is 54.6 Å². The summed E-state index contributed by atoms with van der Waals surface area (Å²) in [5.41, 5.74) is 1.40. The van der Waals surface area contributed by atoms with E-state index in [0.717, 1.165) is 24.8 Å². The van der Waals surface area contributed by atoms with Gasteiger partial charge in [-0.15, -0.1) is 4.65 Å². The van der Waals surface area contributed by atoms with Crippen molar-refractivity contribution in [1.29, 1.82) is 0 Å². The molecule has 2 fully saturated rings. The molecule has 6 heteroatoms. The van der Waals surface area contributed by atoms with Crippen molar-refractivity contribution < 1.29 is 28.9 Å². The maximum atomic E-state index is 13.6. The number of quaternary nitrogens is 1. The molecule has 1 saturated carbocycles. The van der Waals surface area contributed by atoms with Crippen LogP contribution in [0, 0.1) is 11.8 Å². The molecule has 31 heavy (non-hydrogen) atoms. The Kier molecular flexibility index (Phi) is 6.12. The van der Waals surface area contributed by atoms with E-state index in [4.69, 9.17) is 9.47 Å². The van der Waals surface area contributed by atoms with Gasteiger partial charge in [-0.2, -0.15) is 0 Å². The van der Waals surface area contributed by atoms with Crippen LogP contribution in [0.25, 0.3) is 0 Å². The number of ether oxygens (including phenoxy) is 2. The number of esters is 1. The van der Waals surface area contributed by atoms with Crippen molar-refractivity contribution in [1.82, 2.24) is 0 Å². The number of hydrogen-bond donors (Lipinski definition) is 1. The number of rotatable bonds is 4. The third kappa shape index (κ3) is 4.23. The fourth-order valence-corrected chi connectivity index (χ4v) is 5.50. The van der Waals surface area contributed by atoms with E-state index in [0.29, 0.717) is 24.3 Å². The molecule has 0 spiro atoms. The summed E-state index contributed by atoms with van der Waals surface area (Å²) in [6.45, 7) is 1.77. The molecule has 5 atom stereocenters. The highest BCUT2D eigenvalue weighted by molar-refractivity contribution is 5.88. The zero-order chi connectivity index (χ0) is 22.0. The molecule has 1 aliphatic heterocycles. The molecule has 0 radical (unpaired) electrons. The van der Waals surface area contributed by atoms with Crippen molar-refractivity contribution in [2.45, 2.75) is 44.8 Å². The standard InChI is InChI=1S/C25H30NO5/c1-17(27)31-22-11-12-23-19(15-22)13-14-26(29,25(28)18-7-4-3-5-8-18)24(23)20-9-6-10-21(16-20)30-2/h3-10,16,19,22-24,29H,11-15H2,1-2H3/q+1. The minimum Gasteiger partial charge on any atom is -0.497 e. The maximum absolute atomic E-state index is 13.6. The Labute approximate surface area is 182 Å². The van der Waals surface area contributed by atoms with Gasteiger partial charge in [0.15, 0.2) is 6.04 Å². The summed E-state index contributed by atoms with van der Waals surface area (Å²) in [7, 11) is 1.61. The largest absolute Gasteiger partial charge is 0.497 e. The van der Waals surface area contributed by atoms with Crippen LogP contribution in [0.2, 0.25) is 0 Å². The monoisotopic (exact) mass is 424 g/mol. The van der Waals surface area contributed by atoms with Crippen LogP contribution in [0.4, 0.5) is 0 Å². The lowest BCUT2D eigenvalue weighted by molar-refractivity contribution is -1.07. The topological polar surface area (TPSA) is 72.8 Å². The van der Waals surface area contributed by atoms with Crippen molar-refractivity contribution in [2.75, 3.05) is 13.7 Å². The second-order valence-electron chi connectivity index (χ2n) is 8.70. The summed E-state index contributed by atoms with van der Waals surface area (Å²) >= 11 is 0. The summed E-state index contributed by atoms with van der Waals surface area (Å²) in [4.78, 5) is 25.0. The average molecular weight is 425 g/mol. The van der Waals surface area contributed by atoms with Gasteiger partial charge in [0.05, 0.1) is 12.7 Å². The van der Waals surface area contributed by atoms with Crippen molar-refractivity contribution in [3.63, 3.8) is 0 Å². The molecule has 1 saturated heterocycles.